The van der Waals surface area contributed by atoms with Crippen molar-refractivity contribution in [3.05, 3.63) is 0 Å². The molecule has 1 fully saturated rings. The van der Waals surface area contributed by atoms with E-state index in [-0.39, 0.29) is 12.0 Å². The summed E-state index contributed by atoms with van der Waals surface area (Å²) in [6.07, 6.45) is 1.90. The van der Waals surface area contributed by atoms with Crippen LogP contribution in [0.3, 0.4) is 0 Å². The molecule has 1 saturated heterocycles. The zero-order valence-electron chi connectivity index (χ0n) is 8.99. The lowest BCUT2D eigenvalue weighted by Crippen LogP contribution is -2.52. The zero-order chi connectivity index (χ0) is 10.8. The molecule has 0 bridgehead atoms. The van der Waals surface area contributed by atoms with Gasteiger partial charge < -0.3 is 15.7 Å². The molecule has 0 radical (unpaired) electrons. The van der Waals surface area contributed by atoms with Crippen molar-refractivity contribution in [2.75, 3.05) is 13.1 Å². The van der Waals surface area contributed by atoms with Gasteiger partial charge in [0.05, 0.1) is 11.6 Å². The molecule has 1 amide bonds. The van der Waals surface area contributed by atoms with Crippen LogP contribution in [0, 0.1) is 0 Å². The maximum Gasteiger partial charge on any atom is 0.242 e. The van der Waals surface area contributed by atoms with Crippen molar-refractivity contribution in [3.8, 4) is 0 Å². The first-order valence-electron chi connectivity index (χ1n) is 5.23. The van der Waals surface area contributed by atoms with Gasteiger partial charge in [0.15, 0.2) is 0 Å². The molecule has 0 spiro atoms. The molecular formula is C10H20N2O2. The summed E-state index contributed by atoms with van der Waals surface area (Å²) < 4.78 is 0. The second-order valence-electron chi connectivity index (χ2n) is 4.36. The molecule has 1 unspecified atom stereocenters. The molecule has 0 aromatic rings. The number of aliphatic hydroxyl groups excluding tert-OH is 1. The Balaban J connectivity index is 2.56. The summed E-state index contributed by atoms with van der Waals surface area (Å²) in [6.45, 7) is 4.85. The van der Waals surface area contributed by atoms with Gasteiger partial charge in [-0.15, -0.1) is 0 Å². The van der Waals surface area contributed by atoms with Crippen molar-refractivity contribution in [2.45, 2.75) is 44.8 Å². The zero-order valence-corrected chi connectivity index (χ0v) is 8.99. The third kappa shape index (κ3) is 2.45. The van der Waals surface area contributed by atoms with Gasteiger partial charge >= 0.3 is 0 Å². The Morgan fingerprint density at radius 3 is 2.79 bits per heavy atom. The predicted molar refractivity (Wildman–Crippen MR) is 54.7 cm³/mol. The average Bonchev–Trinajstić information content (AvgIpc) is 2.50. The van der Waals surface area contributed by atoms with Gasteiger partial charge in [-0.1, -0.05) is 13.3 Å². The van der Waals surface area contributed by atoms with E-state index in [2.05, 4.69) is 0 Å². The van der Waals surface area contributed by atoms with Crippen LogP contribution in [-0.2, 0) is 4.79 Å². The molecule has 0 saturated carbocycles. The van der Waals surface area contributed by atoms with Crippen LogP contribution < -0.4 is 5.73 Å². The molecule has 82 valence electrons. The van der Waals surface area contributed by atoms with Crippen molar-refractivity contribution >= 4 is 5.91 Å². The number of hydrogen-bond acceptors (Lipinski definition) is 3. The fourth-order valence-corrected chi connectivity index (χ4v) is 1.91. The van der Waals surface area contributed by atoms with Gasteiger partial charge in [0, 0.05) is 13.1 Å². The molecule has 0 aromatic carbocycles. The van der Waals surface area contributed by atoms with Crippen LogP contribution in [0.4, 0.5) is 0 Å². The summed E-state index contributed by atoms with van der Waals surface area (Å²) >= 11 is 0. The molecule has 4 heteroatoms. The predicted octanol–water partition coefficient (Wildman–Crippen LogP) is 0.0971. The molecule has 3 N–H and O–H groups in total. The number of rotatable bonds is 3. The lowest BCUT2D eigenvalue weighted by Gasteiger charge is -2.28. The molecule has 0 aromatic heterocycles. The summed E-state index contributed by atoms with van der Waals surface area (Å²) in [4.78, 5) is 13.6. The molecule has 1 aliphatic heterocycles. The largest absolute Gasteiger partial charge is 0.391 e. The highest BCUT2D eigenvalue weighted by atomic mass is 16.3. The number of amides is 1. The molecule has 1 heterocycles. The SMILES string of the molecule is CCCC(C)(N)C(=O)N1CC[C@H](O)C1. The third-order valence-corrected chi connectivity index (χ3v) is 2.71. The molecule has 14 heavy (non-hydrogen) atoms. The van der Waals surface area contributed by atoms with Crippen LogP contribution in [-0.4, -0.2) is 40.6 Å². The lowest BCUT2D eigenvalue weighted by atomic mass is 9.96. The molecule has 2 atom stereocenters. The Labute approximate surface area is 85.1 Å². The molecule has 0 aliphatic carbocycles. The number of nitrogens with zero attached hydrogens (tertiary/aromatic N) is 1. The van der Waals surface area contributed by atoms with Crippen molar-refractivity contribution in [1.82, 2.24) is 4.90 Å². The van der Waals surface area contributed by atoms with E-state index in [1.165, 1.54) is 0 Å². The first kappa shape index (κ1) is 11.5. The van der Waals surface area contributed by atoms with E-state index in [1.807, 2.05) is 6.92 Å². The lowest BCUT2D eigenvalue weighted by molar-refractivity contribution is -0.135. The van der Waals surface area contributed by atoms with Gasteiger partial charge in [-0.05, 0) is 19.8 Å². The minimum atomic E-state index is -0.765. The van der Waals surface area contributed by atoms with Crippen molar-refractivity contribution in [1.29, 1.82) is 0 Å². The van der Waals surface area contributed by atoms with Crippen LogP contribution in [0.25, 0.3) is 0 Å². The minimum absolute atomic E-state index is 0.0316. The maximum absolute atomic E-state index is 11.9. The highest BCUT2D eigenvalue weighted by Gasteiger charge is 2.35. The number of carbonyl (C=O) groups excluding carboxylic acids is 1. The minimum Gasteiger partial charge on any atom is -0.391 e. The number of likely N-dealkylation sites (tertiary alicyclic amines) is 1. The average molecular weight is 200 g/mol. The summed E-state index contributed by atoms with van der Waals surface area (Å²) in [5.74, 6) is -0.0316. The Morgan fingerprint density at radius 1 is 1.71 bits per heavy atom. The standard InChI is InChI=1S/C10H20N2O2/c1-3-5-10(2,11)9(14)12-6-4-8(13)7-12/h8,13H,3-7,11H2,1-2H3/t8-,10?/m0/s1. The van der Waals surface area contributed by atoms with Crippen molar-refractivity contribution < 1.29 is 9.90 Å². The first-order chi connectivity index (χ1) is 6.47. The second kappa shape index (κ2) is 4.28. The second-order valence-corrected chi connectivity index (χ2v) is 4.36. The van der Waals surface area contributed by atoms with Gasteiger partial charge in [-0.3, -0.25) is 4.79 Å². The molecular weight excluding hydrogens is 180 g/mol. The van der Waals surface area contributed by atoms with E-state index >= 15 is 0 Å². The van der Waals surface area contributed by atoms with E-state index < -0.39 is 5.54 Å². The van der Waals surface area contributed by atoms with Crippen molar-refractivity contribution in [3.63, 3.8) is 0 Å². The Bertz CT molecular complexity index is 216. The maximum atomic E-state index is 11.9. The summed E-state index contributed by atoms with van der Waals surface area (Å²) in [5.41, 5.74) is 5.16. The van der Waals surface area contributed by atoms with E-state index in [9.17, 15) is 9.90 Å². The summed E-state index contributed by atoms with van der Waals surface area (Å²) in [5, 5.41) is 9.31. The van der Waals surface area contributed by atoms with Gasteiger partial charge in [-0.25, -0.2) is 0 Å². The third-order valence-electron chi connectivity index (χ3n) is 2.71. The van der Waals surface area contributed by atoms with Crippen LogP contribution in [0.5, 0.6) is 0 Å². The summed E-state index contributed by atoms with van der Waals surface area (Å²) in [7, 11) is 0. The van der Waals surface area contributed by atoms with Gasteiger partial charge in [-0.2, -0.15) is 0 Å². The number of aliphatic hydroxyl groups is 1. The smallest absolute Gasteiger partial charge is 0.242 e. The molecule has 1 aliphatic rings. The number of carbonyl (C=O) groups is 1. The fourth-order valence-electron chi connectivity index (χ4n) is 1.91. The van der Waals surface area contributed by atoms with Gasteiger partial charge in [0.2, 0.25) is 5.91 Å². The Kier molecular flexibility index (Phi) is 3.50. The number of hydrogen-bond donors (Lipinski definition) is 2. The Morgan fingerprint density at radius 2 is 2.36 bits per heavy atom. The number of nitrogens with two attached hydrogens (primary N) is 1. The first-order valence-corrected chi connectivity index (χ1v) is 5.23. The monoisotopic (exact) mass is 200 g/mol. The fraction of sp³-hybridized carbons (Fsp3) is 0.900. The van der Waals surface area contributed by atoms with E-state index in [0.717, 1.165) is 6.42 Å². The number of β-amino-alcohol motifs (C(OH)–C–C–N with tert-alkyl or cyclic N) is 1. The quantitative estimate of drug-likeness (QED) is 0.679. The van der Waals surface area contributed by atoms with E-state index in [0.29, 0.717) is 25.9 Å². The molecule has 4 nitrogen and oxygen atoms in total. The van der Waals surface area contributed by atoms with Gasteiger partial charge in [0.25, 0.3) is 0 Å². The normalized spacial score (nSPS) is 26.3. The van der Waals surface area contributed by atoms with Crippen LogP contribution >= 0.6 is 0 Å². The van der Waals surface area contributed by atoms with E-state index in [1.54, 1.807) is 11.8 Å². The Hall–Kier alpha value is -0.610. The van der Waals surface area contributed by atoms with Crippen molar-refractivity contribution in [2.24, 2.45) is 5.73 Å². The van der Waals surface area contributed by atoms with Crippen LogP contribution in [0.2, 0.25) is 0 Å². The molecule has 1 rings (SSSR count). The van der Waals surface area contributed by atoms with Crippen LogP contribution in [0.15, 0.2) is 0 Å². The van der Waals surface area contributed by atoms with Crippen LogP contribution in [0.1, 0.15) is 33.1 Å². The highest BCUT2D eigenvalue weighted by molar-refractivity contribution is 5.85. The van der Waals surface area contributed by atoms with Gasteiger partial charge in [0.1, 0.15) is 0 Å². The summed E-state index contributed by atoms with van der Waals surface area (Å²) in [6, 6.07) is 0. The highest BCUT2D eigenvalue weighted by Crippen LogP contribution is 2.17. The van der Waals surface area contributed by atoms with E-state index in [4.69, 9.17) is 5.73 Å². The topological polar surface area (TPSA) is 66.6 Å².